The standard InChI is InChI=1S/C8H8BrNO2S/c1-10-5-6-7(9)3-2-4-8(6)13(10,11)12/h2-4H,5H2,1H3. The molecule has 0 fully saturated rings. The summed E-state index contributed by atoms with van der Waals surface area (Å²) < 4.78 is 25.5. The molecule has 0 unspecified atom stereocenters. The Labute approximate surface area is 85.5 Å². The number of halogens is 1. The van der Waals surface area contributed by atoms with Crippen LogP contribution >= 0.6 is 15.9 Å². The topological polar surface area (TPSA) is 37.4 Å². The highest BCUT2D eigenvalue weighted by atomic mass is 79.9. The molecule has 1 heterocycles. The SMILES string of the molecule is CN1Cc2c(Br)cccc2S1(=O)=O. The largest absolute Gasteiger partial charge is 0.243 e. The molecule has 2 rings (SSSR count). The van der Waals surface area contributed by atoms with E-state index in [1.165, 1.54) is 4.31 Å². The molecule has 0 aromatic heterocycles. The van der Waals surface area contributed by atoms with Crippen LogP contribution < -0.4 is 0 Å². The van der Waals surface area contributed by atoms with Gasteiger partial charge in [0, 0.05) is 23.6 Å². The summed E-state index contributed by atoms with van der Waals surface area (Å²) in [7, 11) is -1.62. The number of rotatable bonds is 0. The maximum Gasteiger partial charge on any atom is 0.243 e. The summed E-state index contributed by atoms with van der Waals surface area (Å²) in [6.07, 6.45) is 0. The van der Waals surface area contributed by atoms with Crippen LogP contribution in [0.3, 0.4) is 0 Å². The molecule has 5 heteroatoms. The van der Waals surface area contributed by atoms with Crippen molar-refractivity contribution in [2.24, 2.45) is 0 Å². The number of benzene rings is 1. The van der Waals surface area contributed by atoms with Crippen LogP contribution in [0.4, 0.5) is 0 Å². The van der Waals surface area contributed by atoms with E-state index in [2.05, 4.69) is 15.9 Å². The van der Waals surface area contributed by atoms with Crippen molar-refractivity contribution in [1.82, 2.24) is 4.31 Å². The Kier molecular flexibility index (Phi) is 1.98. The van der Waals surface area contributed by atoms with Gasteiger partial charge in [0.15, 0.2) is 0 Å². The van der Waals surface area contributed by atoms with E-state index in [1.54, 1.807) is 19.2 Å². The highest BCUT2D eigenvalue weighted by molar-refractivity contribution is 9.10. The molecule has 70 valence electrons. The predicted molar refractivity (Wildman–Crippen MR) is 52.8 cm³/mol. The highest BCUT2D eigenvalue weighted by Crippen LogP contribution is 2.33. The molecular formula is C8H8BrNO2S. The zero-order chi connectivity index (χ0) is 9.64. The summed E-state index contributed by atoms with van der Waals surface area (Å²) >= 11 is 3.34. The van der Waals surface area contributed by atoms with E-state index in [9.17, 15) is 8.42 Å². The molecule has 0 radical (unpaired) electrons. The number of hydrogen-bond donors (Lipinski definition) is 0. The van der Waals surface area contributed by atoms with Gasteiger partial charge in [0.1, 0.15) is 0 Å². The second-order valence-electron chi connectivity index (χ2n) is 2.98. The van der Waals surface area contributed by atoms with Crippen molar-refractivity contribution in [3.63, 3.8) is 0 Å². The zero-order valence-corrected chi connectivity index (χ0v) is 9.39. The Morgan fingerprint density at radius 2 is 2.15 bits per heavy atom. The Morgan fingerprint density at radius 3 is 2.77 bits per heavy atom. The number of nitrogens with zero attached hydrogens (tertiary/aromatic N) is 1. The molecule has 1 aliphatic rings. The smallest absolute Gasteiger partial charge is 0.207 e. The lowest BCUT2D eigenvalue weighted by atomic mass is 10.2. The summed E-state index contributed by atoms with van der Waals surface area (Å²) in [6, 6.07) is 5.23. The average molecular weight is 262 g/mol. The molecule has 1 aliphatic heterocycles. The molecule has 3 nitrogen and oxygen atoms in total. The number of fused-ring (bicyclic) bond motifs is 1. The molecule has 0 saturated heterocycles. The first-order chi connectivity index (χ1) is 6.03. The van der Waals surface area contributed by atoms with Gasteiger partial charge < -0.3 is 0 Å². The van der Waals surface area contributed by atoms with E-state index in [-0.39, 0.29) is 0 Å². The maximum absolute atomic E-state index is 11.6. The van der Waals surface area contributed by atoms with Gasteiger partial charge in [-0.1, -0.05) is 22.0 Å². The van der Waals surface area contributed by atoms with Crippen molar-refractivity contribution in [2.45, 2.75) is 11.4 Å². The van der Waals surface area contributed by atoms with Crippen molar-refractivity contribution in [3.05, 3.63) is 28.2 Å². The van der Waals surface area contributed by atoms with E-state index in [4.69, 9.17) is 0 Å². The lowest BCUT2D eigenvalue weighted by Crippen LogP contribution is -2.18. The maximum atomic E-state index is 11.6. The molecule has 0 aliphatic carbocycles. The normalized spacial score (nSPS) is 20.2. The minimum atomic E-state index is -3.20. The number of hydrogen-bond acceptors (Lipinski definition) is 2. The molecule has 0 atom stereocenters. The molecule has 0 N–H and O–H groups in total. The molecule has 1 aromatic carbocycles. The number of sulfonamides is 1. The van der Waals surface area contributed by atoms with Gasteiger partial charge in [0.05, 0.1) is 4.90 Å². The fourth-order valence-electron chi connectivity index (χ4n) is 1.41. The van der Waals surface area contributed by atoms with Crippen LogP contribution in [0.25, 0.3) is 0 Å². The molecular weight excluding hydrogens is 254 g/mol. The van der Waals surface area contributed by atoms with Crippen molar-refractivity contribution in [3.8, 4) is 0 Å². The Morgan fingerprint density at radius 1 is 1.46 bits per heavy atom. The van der Waals surface area contributed by atoms with Gasteiger partial charge >= 0.3 is 0 Å². The summed E-state index contributed by atoms with van der Waals surface area (Å²) in [6.45, 7) is 0.457. The lowest BCUT2D eigenvalue weighted by Gasteiger charge is -2.04. The van der Waals surface area contributed by atoms with Gasteiger partial charge in [-0.15, -0.1) is 0 Å². The average Bonchev–Trinajstić information content (AvgIpc) is 2.28. The second kappa shape index (κ2) is 2.80. The summed E-state index contributed by atoms with van der Waals surface area (Å²) in [5, 5.41) is 0. The minimum Gasteiger partial charge on any atom is -0.207 e. The van der Waals surface area contributed by atoms with Crippen LogP contribution in [0, 0.1) is 0 Å². The minimum absolute atomic E-state index is 0.421. The molecule has 0 spiro atoms. The third kappa shape index (κ3) is 1.22. The van der Waals surface area contributed by atoms with Crippen molar-refractivity contribution in [1.29, 1.82) is 0 Å². The van der Waals surface area contributed by atoms with Crippen molar-refractivity contribution in [2.75, 3.05) is 7.05 Å². The van der Waals surface area contributed by atoms with E-state index in [0.717, 1.165) is 10.0 Å². The summed E-state index contributed by atoms with van der Waals surface area (Å²) in [5.41, 5.74) is 0.852. The van der Waals surface area contributed by atoms with Crippen LogP contribution in [0.1, 0.15) is 5.56 Å². The monoisotopic (exact) mass is 261 g/mol. The fraction of sp³-hybridized carbons (Fsp3) is 0.250. The third-order valence-electron chi connectivity index (χ3n) is 2.14. The van der Waals surface area contributed by atoms with E-state index in [1.807, 2.05) is 6.07 Å². The van der Waals surface area contributed by atoms with Crippen LogP contribution in [0.2, 0.25) is 0 Å². The molecule has 13 heavy (non-hydrogen) atoms. The summed E-state index contributed by atoms with van der Waals surface area (Å²) in [4.78, 5) is 0.421. The van der Waals surface area contributed by atoms with Gasteiger partial charge in [-0.2, -0.15) is 4.31 Å². The van der Waals surface area contributed by atoms with Gasteiger partial charge in [0.25, 0.3) is 0 Å². The first-order valence-corrected chi connectivity index (χ1v) is 6.00. The van der Waals surface area contributed by atoms with Crippen LogP contribution in [-0.4, -0.2) is 19.8 Å². The van der Waals surface area contributed by atoms with Crippen LogP contribution in [-0.2, 0) is 16.6 Å². The first-order valence-electron chi connectivity index (χ1n) is 3.77. The lowest BCUT2D eigenvalue weighted by molar-refractivity contribution is 0.488. The van der Waals surface area contributed by atoms with E-state index < -0.39 is 10.0 Å². The molecule has 1 aromatic rings. The molecule has 0 amide bonds. The van der Waals surface area contributed by atoms with Gasteiger partial charge in [0.2, 0.25) is 10.0 Å². The Bertz CT molecular complexity index is 455. The van der Waals surface area contributed by atoms with Crippen molar-refractivity contribution >= 4 is 26.0 Å². The quantitative estimate of drug-likeness (QED) is 0.712. The Hall–Kier alpha value is -0.390. The zero-order valence-electron chi connectivity index (χ0n) is 6.99. The fourth-order valence-corrected chi connectivity index (χ4v) is 3.40. The third-order valence-corrected chi connectivity index (χ3v) is 4.78. The van der Waals surface area contributed by atoms with Crippen molar-refractivity contribution < 1.29 is 8.42 Å². The highest BCUT2D eigenvalue weighted by Gasteiger charge is 2.32. The van der Waals surface area contributed by atoms with E-state index in [0.29, 0.717) is 11.4 Å². The van der Waals surface area contributed by atoms with Crippen LogP contribution in [0.5, 0.6) is 0 Å². The Balaban J connectivity index is 2.76. The van der Waals surface area contributed by atoms with Gasteiger partial charge in [-0.05, 0) is 12.1 Å². The van der Waals surface area contributed by atoms with Gasteiger partial charge in [-0.3, -0.25) is 0 Å². The van der Waals surface area contributed by atoms with Crippen LogP contribution in [0.15, 0.2) is 27.6 Å². The second-order valence-corrected chi connectivity index (χ2v) is 5.85. The van der Waals surface area contributed by atoms with Gasteiger partial charge in [-0.25, -0.2) is 8.42 Å². The van der Waals surface area contributed by atoms with E-state index >= 15 is 0 Å². The molecule has 0 bridgehead atoms. The first kappa shape index (κ1) is 9.18. The summed E-state index contributed by atoms with van der Waals surface area (Å²) in [5.74, 6) is 0. The predicted octanol–water partition coefficient (Wildman–Crippen LogP) is 1.58. The molecule has 0 saturated carbocycles.